The molecule has 0 fully saturated rings. The number of hydrogen-bond acceptors (Lipinski definition) is 3. The maximum absolute atomic E-state index is 13.2. The topological polar surface area (TPSA) is 35.5 Å². The Bertz CT molecular complexity index is 659. The van der Waals surface area contributed by atoms with Crippen LogP contribution < -0.4 is 4.52 Å². The van der Waals surface area contributed by atoms with Gasteiger partial charge in [0.25, 0.3) is 0 Å². The van der Waals surface area contributed by atoms with Crippen LogP contribution in [0.15, 0.2) is 60.7 Å². The highest BCUT2D eigenvalue weighted by Gasteiger charge is 2.44. The molecule has 0 spiro atoms. The minimum atomic E-state index is -4.65. The molecule has 0 saturated heterocycles. The number of alkyl halides is 3. The fourth-order valence-corrected chi connectivity index (χ4v) is 3.17. The molecule has 3 nitrogen and oxygen atoms in total. The Hall–Kier alpha value is -1.78. The Labute approximate surface area is 132 Å². The van der Waals surface area contributed by atoms with Crippen molar-refractivity contribution in [3.05, 3.63) is 66.2 Å². The second kappa shape index (κ2) is 7.20. The van der Waals surface area contributed by atoms with Crippen LogP contribution >= 0.6 is 7.60 Å². The van der Waals surface area contributed by atoms with Crippen molar-refractivity contribution >= 4 is 7.60 Å². The fraction of sp³-hybridized carbons (Fsp3) is 0.250. The number of hydrogen-bond donors (Lipinski definition) is 0. The monoisotopic (exact) mass is 344 g/mol. The summed E-state index contributed by atoms with van der Waals surface area (Å²) in [6.07, 6.45) is -7.29. The highest BCUT2D eigenvalue weighted by Crippen LogP contribution is 2.48. The van der Waals surface area contributed by atoms with Gasteiger partial charge in [-0.25, -0.2) is 4.57 Å². The zero-order valence-corrected chi connectivity index (χ0v) is 13.3. The van der Waals surface area contributed by atoms with E-state index in [4.69, 9.17) is 9.05 Å². The molecule has 0 bridgehead atoms. The first kappa shape index (κ1) is 17.6. The molecule has 0 amide bonds. The molecule has 0 aromatic heterocycles. The van der Waals surface area contributed by atoms with E-state index < -0.39 is 26.3 Å². The summed E-state index contributed by atoms with van der Waals surface area (Å²) in [7, 11) is -3.92. The van der Waals surface area contributed by atoms with Gasteiger partial charge in [-0.3, -0.25) is 4.52 Å². The van der Waals surface area contributed by atoms with Gasteiger partial charge in [0.2, 0.25) is 0 Å². The lowest BCUT2D eigenvalue weighted by Crippen LogP contribution is -2.33. The highest BCUT2D eigenvalue weighted by molar-refractivity contribution is 7.53. The van der Waals surface area contributed by atoms with Crippen molar-refractivity contribution in [2.45, 2.75) is 18.7 Å². The third kappa shape index (κ3) is 5.73. The molecule has 0 heterocycles. The van der Waals surface area contributed by atoms with Gasteiger partial charge in [-0.15, -0.1) is 0 Å². The molecule has 124 valence electrons. The van der Waals surface area contributed by atoms with E-state index >= 15 is 0 Å². The summed E-state index contributed by atoms with van der Waals surface area (Å²) in [5.41, 5.74) is 0.439. The first-order valence-corrected chi connectivity index (χ1v) is 8.86. The van der Waals surface area contributed by atoms with Crippen LogP contribution in [0.5, 0.6) is 5.75 Å². The summed E-state index contributed by atoms with van der Waals surface area (Å²) in [4.78, 5) is 0. The third-order valence-corrected chi connectivity index (χ3v) is 4.14. The predicted octanol–water partition coefficient (Wildman–Crippen LogP) is 5.08. The summed E-state index contributed by atoms with van der Waals surface area (Å²) >= 11 is 0. The van der Waals surface area contributed by atoms with Crippen molar-refractivity contribution < 1.29 is 26.8 Å². The van der Waals surface area contributed by atoms with Crippen molar-refractivity contribution in [3.8, 4) is 5.75 Å². The fourth-order valence-electron chi connectivity index (χ4n) is 1.97. The average molecular weight is 344 g/mol. The first-order valence-electron chi connectivity index (χ1n) is 6.87. The maximum atomic E-state index is 13.2. The van der Waals surface area contributed by atoms with Crippen LogP contribution in [-0.4, -0.2) is 18.9 Å². The van der Waals surface area contributed by atoms with Gasteiger partial charge >= 0.3 is 13.8 Å². The van der Waals surface area contributed by atoms with Crippen LogP contribution in [-0.2, 0) is 15.5 Å². The van der Waals surface area contributed by atoms with E-state index in [-0.39, 0.29) is 5.75 Å². The summed E-state index contributed by atoms with van der Waals surface area (Å²) < 4.78 is 61.7. The van der Waals surface area contributed by atoms with Gasteiger partial charge in [-0.2, -0.15) is 13.2 Å². The molecule has 7 heteroatoms. The molecule has 2 rings (SSSR count). The Balaban J connectivity index is 2.12. The first-order chi connectivity index (χ1) is 10.8. The van der Waals surface area contributed by atoms with Crippen molar-refractivity contribution in [2.75, 3.05) is 6.66 Å². The minimum Gasteiger partial charge on any atom is -0.425 e. The molecular formula is C16H16F3O3P. The Kier molecular flexibility index (Phi) is 5.50. The summed E-state index contributed by atoms with van der Waals surface area (Å²) in [5.74, 6) is 0.193. The van der Waals surface area contributed by atoms with Gasteiger partial charge in [0.15, 0.2) is 6.10 Å². The molecule has 0 saturated carbocycles. The molecule has 23 heavy (non-hydrogen) atoms. The molecule has 0 aliphatic heterocycles. The number of halogens is 3. The van der Waals surface area contributed by atoms with Gasteiger partial charge in [-0.1, -0.05) is 48.5 Å². The minimum absolute atomic E-state index is 0.193. The Morgan fingerprint density at radius 3 is 2.04 bits per heavy atom. The molecule has 0 aliphatic carbocycles. The smallest absolute Gasteiger partial charge is 0.415 e. The molecule has 2 atom stereocenters. The lowest BCUT2D eigenvalue weighted by molar-refractivity contribution is -0.195. The molecule has 2 aromatic rings. The van der Waals surface area contributed by atoms with Crippen LogP contribution in [0.2, 0.25) is 0 Å². The van der Waals surface area contributed by atoms with Crippen LogP contribution in [0.25, 0.3) is 0 Å². The normalized spacial score (nSPS) is 15.7. The number of rotatable bonds is 6. The van der Waals surface area contributed by atoms with Crippen LogP contribution in [0.4, 0.5) is 13.2 Å². The molecule has 2 aromatic carbocycles. The summed E-state index contributed by atoms with van der Waals surface area (Å²) in [6.45, 7) is 1.03. The highest BCUT2D eigenvalue weighted by atomic mass is 31.2. The van der Waals surface area contributed by atoms with Gasteiger partial charge in [0.1, 0.15) is 5.75 Å². The van der Waals surface area contributed by atoms with Crippen molar-refractivity contribution in [1.29, 1.82) is 0 Å². The Morgan fingerprint density at radius 2 is 1.52 bits per heavy atom. The summed E-state index contributed by atoms with van der Waals surface area (Å²) in [6, 6.07) is 16.0. The van der Waals surface area contributed by atoms with E-state index in [1.807, 2.05) is 0 Å². The van der Waals surface area contributed by atoms with Crippen LogP contribution in [0, 0.1) is 0 Å². The van der Waals surface area contributed by atoms with Crippen molar-refractivity contribution in [3.63, 3.8) is 0 Å². The van der Waals surface area contributed by atoms with E-state index in [9.17, 15) is 17.7 Å². The predicted molar refractivity (Wildman–Crippen MR) is 81.7 cm³/mol. The van der Waals surface area contributed by atoms with Crippen LogP contribution in [0.1, 0.15) is 5.56 Å². The molecule has 0 radical (unpaired) electrons. The summed E-state index contributed by atoms with van der Waals surface area (Å²) in [5, 5.41) is 0. The third-order valence-electron chi connectivity index (χ3n) is 2.96. The lowest BCUT2D eigenvalue weighted by Gasteiger charge is -2.24. The lowest BCUT2D eigenvalue weighted by atomic mass is 10.1. The molecular weight excluding hydrogens is 328 g/mol. The van der Waals surface area contributed by atoms with E-state index in [1.54, 1.807) is 48.5 Å². The second-order valence-electron chi connectivity index (χ2n) is 5.00. The number of para-hydroxylation sites is 1. The largest absolute Gasteiger partial charge is 0.425 e. The van der Waals surface area contributed by atoms with Gasteiger partial charge in [0, 0.05) is 13.1 Å². The zero-order chi connectivity index (χ0) is 16.9. The van der Waals surface area contributed by atoms with Crippen molar-refractivity contribution in [1.82, 2.24) is 0 Å². The average Bonchev–Trinajstić information content (AvgIpc) is 2.47. The van der Waals surface area contributed by atoms with E-state index in [0.29, 0.717) is 5.56 Å². The van der Waals surface area contributed by atoms with E-state index in [0.717, 1.165) is 6.66 Å². The molecule has 0 aliphatic rings. The second-order valence-corrected chi connectivity index (χ2v) is 6.94. The molecule has 2 unspecified atom stereocenters. The van der Waals surface area contributed by atoms with Crippen LogP contribution in [0.3, 0.4) is 0 Å². The quantitative estimate of drug-likeness (QED) is 0.686. The standard InChI is InChI=1S/C16H16F3O3P/c1-23(20,21-14-10-6-3-7-11-14)22-15(16(17,18)19)12-13-8-4-2-5-9-13/h2-11,15H,12H2,1H3. The van der Waals surface area contributed by atoms with Crippen molar-refractivity contribution in [2.24, 2.45) is 0 Å². The SMILES string of the molecule is CP(=O)(Oc1ccccc1)OC(Cc1ccccc1)C(F)(F)F. The molecule has 0 N–H and O–H groups in total. The zero-order valence-electron chi connectivity index (χ0n) is 12.4. The van der Waals surface area contributed by atoms with Gasteiger partial charge in [-0.05, 0) is 17.7 Å². The Morgan fingerprint density at radius 1 is 1.00 bits per heavy atom. The number of benzene rings is 2. The maximum Gasteiger partial charge on any atom is 0.415 e. The van der Waals surface area contributed by atoms with E-state index in [2.05, 4.69) is 0 Å². The van der Waals surface area contributed by atoms with E-state index in [1.165, 1.54) is 12.1 Å². The van der Waals surface area contributed by atoms with Gasteiger partial charge in [0.05, 0.1) is 0 Å². The van der Waals surface area contributed by atoms with Gasteiger partial charge < -0.3 is 4.52 Å².